The van der Waals surface area contributed by atoms with Crippen molar-refractivity contribution in [1.29, 1.82) is 0 Å². The summed E-state index contributed by atoms with van der Waals surface area (Å²) in [6.45, 7) is 0.462. The second kappa shape index (κ2) is 7.13. The first-order chi connectivity index (χ1) is 11.0. The van der Waals surface area contributed by atoms with E-state index in [1.54, 1.807) is 22.7 Å². The first kappa shape index (κ1) is 16.6. The first-order valence-electron chi connectivity index (χ1n) is 6.66. The lowest BCUT2D eigenvalue weighted by molar-refractivity contribution is 0.675. The van der Waals surface area contributed by atoms with Gasteiger partial charge in [0, 0.05) is 17.8 Å². The summed E-state index contributed by atoms with van der Waals surface area (Å²) < 4.78 is 3.66. The summed E-state index contributed by atoms with van der Waals surface area (Å²) in [6, 6.07) is 7.76. The largest absolute Gasteiger partial charge is 0.313 e. The molecule has 0 saturated carbocycles. The van der Waals surface area contributed by atoms with Gasteiger partial charge < -0.3 is 9.13 Å². The molecule has 23 heavy (non-hydrogen) atoms. The molecule has 0 spiro atoms. The SMILES string of the molecule is Cn1c(Cn2cnc(Cl)c2Cl)nnc1SCc1ccc(Cl)cc1. The molecule has 0 bridgehead atoms. The molecule has 1 aromatic carbocycles. The van der Waals surface area contributed by atoms with E-state index in [1.807, 2.05) is 35.9 Å². The highest BCUT2D eigenvalue weighted by atomic mass is 35.5. The van der Waals surface area contributed by atoms with Gasteiger partial charge >= 0.3 is 0 Å². The van der Waals surface area contributed by atoms with E-state index < -0.39 is 0 Å². The summed E-state index contributed by atoms with van der Waals surface area (Å²) in [7, 11) is 1.92. The standard InChI is InChI=1S/C14H12Cl3N5S/c1-21-11(6-22-8-18-12(16)13(22)17)19-20-14(21)23-7-9-2-4-10(15)5-3-9/h2-5,8H,6-7H2,1H3. The van der Waals surface area contributed by atoms with E-state index in [4.69, 9.17) is 34.8 Å². The highest BCUT2D eigenvalue weighted by Gasteiger charge is 2.13. The van der Waals surface area contributed by atoms with Crippen molar-refractivity contribution in [3.05, 3.63) is 57.3 Å². The third-order valence-corrected chi connectivity index (χ3v) is 5.36. The van der Waals surface area contributed by atoms with Crippen LogP contribution in [0.15, 0.2) is 35.7 Å². The van der Waals surface area contributed by atoms with Crippen LogP contribution in [-0.2, 0) is 19.3 Å². The summed E-state index contributed by atoms with van der Waals surface area (Å²) in [5, 5.41) is 10.7. The molecule has 2 aromatic heterocycles. The molecule has 0 fully saturated rings. The lowest BCUT2D eigenvalue weighted by atomic mass is 10.2. The maximum absolute atomic E-state index is 6.07. The van der Waals surface area contributed by atoms with Gasteiger partial charge in [-0.1, -0.05) is 58.7 Å². The Kier molecular flexibility index (Phi) is 5.16. The molecular weight excluding hydrogens is 377 g/mol. The summed E-state index contributed by atoms with van der Waals surface area (Å²) in [6.07, 6.45) is 1.58. The van der Waals surface area contributed by atoms with Crippen molar-refractivity contribution in [2.75, 3.05) is 0 Å². The summed E-state index contributed by atoms with van der Waals surface area (Å²) in [5.41, 5.74) is 1.17. The lowest BCUT2D eigenvalue weighted by Gasteiger charge is -2.05. The number of thioether (sulfide) groups is 1. The van der Waals surface area contributed by atoms with Gasteiger partial charge in [0.15, 0.2) is 16.1 Å². The second-order valence-electron chi connectivity index (χ2n) is 4.83. The zero-order chi connectivity index (χ0) is 16.4. The Bertz CT molecular complexity index is 812. The Balaban J connectivity index is 1.69. The summed E-state index contributed by atoms with van der Waals surface area (Å²) in [4.78, 5) is 3.95. The molecule has 0 aliphatic carbocycles. The quantitative estimate of drug-likeness (QED) is 0.611. The van der Waals surface area contributed by atoms with Crippen LogP contribution < -0.4 is 0 Å². The summed E-state index contributed by atoms with van der Waals surface area (Å²) >= 11 is 19.4. The van der Waals surface area contributed by atoms with Crippen molar-refractivity contribution >= 4 is 46.6 Å². The predicted octanol–water partition coefficient (Wildman–Crippen LogP) is 4.31. The number of aromatic nitrogens is 5. The van der Waals surface area contributed by atoms with E-state index in [-0.39, 0.29) is 5.15 Å². The monoisotopic (exact) mass is 387 g/mol. The smallest absolute Gasteiger partial charge is 0.191 e. The fourth-order valence-electron chi connectivity index (χ4n) is 1.94. The molecule has 0 amide bonds. The van der Waals surface area contributed by atoms with Gasteiger partial charge in [-0.3, -0.25) is 0 Å². The normalized spacial score (nSPS) is 11.1. The van der Waals surface area contributed by atoms with Crippen LogP contribution in [-0.4, -0.2) is 24.3 Å². The maximum atomic E-state index is 6.07. The Hall–Kier alpha value is -1.21. The Morgan fingerprint density at radius 1 is 1.09 bits per heavy atom. The number of halogens is 3. The highest BCUT2D eigenvalue weighted by Crippen LogP contribution is 2.24. The van der Waals surface area contributed by atoms with Crippen LogP contribution in [0.1, 0.15) is 11.4 Å². The van der Waals surface area contributed by atoms with E-state index in [0.29, 0.717) is 11.7 Å². The van der Waals surface area contributed by atoms with Crippen molar-refractivity contribution in [3.8, 4) is 0 Å². The molecular formula is C14H12Cl3N5S. The molecule has 0 N–H and O–H groups in total. The van der Waals surface area contributed by atoms with Crippen molar-refractivity contribution < 1.29 is 0 Å². The van der Waals surface area contributed by atoms with Gasteiger partial charge in [0.1, 0.15) is 5.15 Å². The van der Waals surface area contributed by atoms with Crippen LogP contribution in [0.25, 0.3) is 0 Å². The van der Waals surface area contributed by atoms with Gasteiger partial charge in [-0.15, -0.1) is 10.2 Å². The molecule has 0 aliphatic heterocycles. The van der Waals surface area contributed by atoms with E-state index in [9.17, 15) is 0 Å². The van der Waals surface area contributed by atoms with Crippen LogP contribution in [0.5, 0.6) is 0 Å². The average molecular weight is 389 g/mol. The van der Waals surface area contributed by atoms with Gasteiger partial charge in [-0.25, -0.2) is 4.98 Å². The zero-order valence-electron chi connectivity index (χ0n) is 12.1. The van der Waals surface area contributed by atoms with Gasteiger partial charge in [-0.2, -0.15) is 0 Å². The van der Waals surface area contributed by atoms with Crippen LogP contribution >= 0.6 is 46.6 Å². The number of nitrogens with zero attached hydrogens (tertiary/aromatic N) is 5. The minimum absolute atomic E-state index is 0.283. The van der Waals surface area contributed by atoms with Crippen LogP contribution in [0, 0.1) is 0 Å². The summed E-state index contributed by atoms with van der Waals surface area (Å²) in [5.74, 6) is 1.57. The Morgan fingerprint density at radius 2 is 1.83 bits per heavy atom. The minimum atomic E-state index is 0.283. The zero-order valence-corrected chi connectivity index (χ0v) is 15.2. The van der Waals surface area contributed by atoms with Crippen molar-refractivity contribution in [3.63, 3.8) is 0 Å². The average Bonchev–Trinajstić information content (AvgIpc) is 3.05. The van der Waals surface area contributed by atoms with Crippen molar-refractivity contribution in [2.45, 2.75) is 17.5 Å². The van der Waals surface area contributed by atoms with Crippen LogP contribution in [0.2, 0.25) is 15.3 Å². The van der Waals surface area contributed by atoms with Crippen molar-refractivity contribution in [2.24, 2.45) is 7.05 Å². The van der Waals surface area contributed by atoms with E-state index >= 15 is 0 Å². The van der Waals surface area contributed by atoms with E-state index in [0.717, 1.165) is 21.8 Å². The molecule has 0 atom stereocenters. The molecule has 0 saturated heterocycles. The third kappa shape index (κ3) is 3.83. The number of hydrogen-bond donors (Lipinski definition) is 0. The lowest BCUT2D eigenvalue weighted by Crippen LogP contribution is -2.05. The molecule has 9 heteroatoms. The van der Waals surface area contributed by atoms with Crippen molar-refractivity contribution in [1.82, 2.24) is 24.3 Å². The molecule has 0 aliphatic rings. The minimum Gasteiger partial charge on any atom is -0.313 e. The number of rotatable bonds is 5. The van der Waals surface area contributed by atoms with Gasteiger partial charge in [-0.05, 0) is 17.7 Å². The fourth-order valence-corrected chi connectivity index (χ4v) is 3.26. The number of benzene rings is 1. The maximum Gasteiger partial charge on any atom is 0.191 e. The fraction of sp³-hybridized carbons (Fsp3) is 0.214. The molecule has 5 nitrogen and oxygen atoms in total. The molecule has 2 heterocycles. The third-order valence-electron chi connectivity index (χ3n) is 3.25. The van der Waals surface area contributed by atoms with Crippen LogP contribution in [0.3, 0.4) is 0 Å². The topological polar surface area (TPSA) is 48.5 Å². The van der Waals surface area contributed by atoms with E-state index in [1.165, 1.54) is 5.56 Å². The Morgan fingerprint density at radius 3 is 2.48 bits per heavy atom. The molecule has 0 unspecified atom stereocenters. The highest BCUT2D eigenvalue weighted by molar-refractivity contribution is 7.98. The first-order valence-corrected chi connectivity index (χ1v) is 8.78. The predicted molar refractivity (Wildman–Crippen MR) is 93.4 cm³/mol. The van der Waals surface area contributed by atoms with Crippen LogP contribution in [0.4, 0.5) is 0 Å². The second-order valence-corrected chi connectivity index (χ2v) is 6.92. The van der Waals surface area contributed by atoms with Gasteiger partial charge in [0.25, 0.3) is 0 Å². The van der Waals surface area contributed by atoms with Gasteiger partial charge in [0.2, 0.25) is 0 Å². The molecule has 3 rings (SSSR count). The Labute approximate surface area is 152 Å². The molecule has 120 valence electrons. The number of hydrogen-bond acceptors (Lipinski definition) is 4. The molecule has 0 radical (unpaired) electrons. The van der Waals surface area contributed by atoms with E-state index in [2.05, 4.69) is 15.2 Å². The molecule has 3 aromatic rings. The number of imidazole rings is 1. The van der Waals surface area contributed by atoms with Gasteiger partial charge in [0.05, 0.1) is 12.9 Å².